The molecule has 19 heavy (non-hydrogen) atoms. The predicted octanol–water partition coefficient (Wildman–Crippen LogP) is 3.42. The minimum atomic E-state index is -0.325. The molecule has 0 spiro atoms. The molecule has 2 aliphatic rings. The van der Waals surface area contributed by atoms with Gasteiger partial charge in [0.25, 0.3) is 0 Å². The van der Waals surface area contributed by atoms with Crippen LogP contribution in [0.4, 0.5) is 0 Å². The number of Topliss-reactive ketones (excluding diaryl/α,β-unsaturated/α-hetero) is 1. The van der Waals surface area contributed by atoms with Gasteiger partial charge in [-0.1, -0.05) is 11.6 Å². The molecular formula is C15H17ClO3. The lowest BCUT2D eigenvalue weighted by molar-refractivity contribution is 0.0639. The van der Waals surface area contributed by atoms with Gasteiger partial charge in [-0.15, -0.1) is 0 Å². The Labute approximate surface area is 117 Å². The van der Waals surface area contributed by atoms with Crippen LogP contribution in [-0.2, 0) is 11.2 Å². The Kier molecular flexibility index (Phi) is 3.76. The molecule has 1 unspecified atom stereocenters. The third-order valence-corrected chi connectivity index (χ3v) is 3.92. The third kappa shape index (κ3) is 2.63. The first-order valence-electron chi connectivity index (χ1n) is 6.87. The summed E-state index contributed by atoms with van der Waals surface area (Å²) >= 11 is 6.14. The number of benzene rings is 1. The Balaban J connectivity index is 1.99. The van der Waals surface area contributed by atoms with Crippen LogP contribution in [0.3, 0.4) is 0 Å². The topological polar surface area (TPSA) is 35.5 Å². The molecule has 102 valence electrons. The second-order valence-electron chi connectivity index (χ2n) is 5.11. The van der Waals surface area contributed by atoms with Crippen molar-refractivity contribution in [3.05, 3.63) is 28.3 Å². The normalized spacial score (nSPS) is 22.5. The molecule has 0 radical (unpaired) electrons. The van der Waals surface area contributed by atoms with Crippen molar-refractivity contribution in [2.24, 2.45) is 0 Å². The van der Waals surface area contributed by atoms with Gasteiger partial charge in [0.15, 0.2) is 5.78 Å². The zero-order valence-corrected chi connectivity index (χ0v) is 11.5. The molecule has 3 nitrogen and oxygen atoms in total. The van der Waals surface area contributed by atoms with Crippen LogP contribution in [0, 0.1) is 0 Å². The summed E-state index contributed by atoms with van der Waals surface area (Å²) in [6, 6.07) is 3.63. The van der Waals surface area contributed by atoms with Gasteiger partial charge in [0.2, 0.25) is 0 Å². The van der Waals surface area contributed by atoms with Crippen molar-refractivity contribution in [1.82, 2.24) is 0 Å². The van der Waals surface area contributed by atoms with Crippen molar-refractivity contribution in [2.75, 3.05) is 13.2 Å². The van der Waals surface area contributed by atoms with Gasteiger partial charge in [0.05, 0.1) is 12.2 Å². The number of rotatable bonds is 2. The Morgan fingerprint density at radius 3 is 2.89 bits per heavy atom. The maximum Gasteiger partial charge on any atom is 0.195 e. The summed E-state index contributed by atoms with van der Waals surface area (Å²) in [5.74, 6) is 0.737. The predicted molar refractivity (Wildman–Crippen MR) is 73.2 cm³/mol. The van der Waals surface area contributed by atoms with E-state index in [1.807, 2.05) is 6.07 Å². The highest BCUT2D eigenvalue weighted by Gasteiger charge is 2.29. The number of aryl methyl sites for hydroxylation is 1. The van der Waals surface area contributed by atoms with E-state index in [4.69, 9.17) is 21.1 Å². The van der Waals surface area contributed by atoms with Crippen LogP contribution in [0.25, 0.3) is 0 Å². The number of carbonyl (C=O) groups is 1. The summed E-state index contributed by atoms with van der Waals surface area (Å²) in [5, 5.41) is 0.602. The average Bonchev–Trinajstić information content (AvgIpc) is 2.83. The standard InChI is InChI=1S/C15H17ClO3/c16-11-8-10-4-1-2-6-19-15(10)12(9-11)14(17)13-5-3-7-18-13/h8-9,13H,1-7H2. The molecule has 0 amide bonds. The molecule has 0 aliphatic carbocycles. The van der Waals surface area contributed by atoms with Crippen molar-refractivity contribution >= 4 is 17.4 Å². The minimum Gasteiger partial charge on any atom is -0.493 e. The first-order chi connectivity index (χ1) is 9.25. The fraction of sp³-hybridized carbons (Fsp3) is 0.533. The van der Waals surface area contributed by atoms with Crippen molar-refractivity contribution in [3.8, 4) is 5.75 Å². The van der Waals surface area contributed by atoms with Crippen LogP contribution < -0.4 is 4.74 Å². The first kappa shape index (κ1) is 12.9. The highest BCUT2D eigenvalue weighted by molar-refractivity contribution is 6.31. The molecule has 1 atom stereocenters. The molecule has 0 N–H and O–H groups in total. The van der Waals surface area contributed by atoms with Crippen molar-refractivity contribution in [1.29, 1.82) is 0 Å². The Morgan fingerprint density at radius 1 is 1.21 bits per heavy atom. The Bertz CT molecular complexity index is 492. The van der Waals surface area contributed by atoms with Crippen LogP contribution in [0.15, 0.2) is 12.1 Å². The van der Waals surface area contributed by atoms with Gasteiger partial charge < -0.3 is 9.47 Å². The molecule has 1 aromatic carbocycles. The summed E-state index contributed by atoms with van der Waals surface area (Å²) in [5.41, 5.74) is 1.64. The zero-order valence-electron chi connectivity index (χ0n) is 10.8. The van der Waals surface area contributed by atoms with E-state index in [0.29, 0.717) is 23.8 Å². The average molecular weight is 281 g/mol. The SMILES string of the molecule is O=C(c1cc(Cl)cc2c1OCCCC2)C1CCCO1. The maximum atomic E-state index is 12.5. The zero-order chi connectivity index (χ0) is 13.2. The molecule has 1 saturated heterocycles. The number of halogens is 1. The smallest absolute Gasteiger partial charge is 0.195 e. The third-order valence-electron chi connectivity index (χ3n) is 3.71. The Hall–Kier alpha value is -1.06. The summed E-state index contributed by atoms with van der Waals surface area (Å²) in [4.78, 5) is 12.5. The summed E-state index contributed by atoms with van der Waals surface area (Å²) in [6.45, 7) is 1.33. The van der Waals surface area contributed by atoms with Crippen molar-refractivity contribution < 1.29 is 14.3 Å². The van der Waals surface area contributed by atoms with E-state index in [1.54, 1.807) is 6.07 Å². The van der Waals surface area contributed by atoms with E-state index < -0.39 is 0 Å². The summed E-state index contributed by atoms with van der Waals surface area (Å²) in [6.07, 6.45) is 4.41. The molecule has 0 bridgehead atoms. The highest BCUT2D eigenvalue weighted by Crippen LogP contribution is 2.33. The second kappa shape index (κ2) is 5.51. The molecule has 2 heterocycles. The lowest BCUT2D eigenvalue weighted by atomic mass is 9.98. The van der Waals surface area contributed by atoms with Crippen molar-refractivity contribution in [3.63, 3.8) is 0 Å². The van der Waals surface area contributed by atoms with E-state index in [9.17, 15) is 4.79 Å². The van der Waals surface area contributed by atoms with Crippen molar-refractivity contribution in [2.45, 2.75) is 38.2 Å². The highest BCUT2D eigenvalue weighted by atomic mass is 35.5. The maximum absolute atomic E-state index is 12.5. The molecule has 0 aromatic heterocycles. The number of fused-ring (bicyclic) bond motifs is 1. The van der Waals surface area contributed by atoms with Crippen LogP contribution >= 0.6 is 11.6 Å². The number of hydrogen-bond acceptors (Lipinski definition) is 3. The van der Waals surface area contributed by atoms with E-state index in [0.717, 1.165) is 43.4 Å². The van der Waals surface area contributed by atoms with Gasteiger partial charge >= 0.3 is 0 Å². The molecule has 3 rings (SSSR count). The number of hydrogen-bond donors (Lipinski definition) is 0. The monoisotopic (exact) mass is 280 g/mol. The quantitative estimate of drug-likeness (QED) is 0.779. The molecule has 1 fully saturated rings. The largest absolute Gasteiger partial charge is 0.493 e. The van der Waals surface area contributed by atoms with Gasteiger partial charge in [-0.3, -0.25) is 4.79 Å². The summed E-state index contributed by atoms with van der Waals surface area (Å²) in [7, 11) is 0. The molecule has 4 heteroatoms. The van der Waals surface area contributed by atoms with Gasteiger partial charge in [0, 0.05) is 11.6 Å². The van der Waals surface area contributed by atoms with Gasteiger partial charge in [-0.05, 0) is 49.8 Å². The van der Waals surface area contributed by atoms with E-state index in [1.165, 1.54) is 0 Å². The van der Waals surface area contributed by atoms with Gasteiger partial charge in [-0.25, -0.2) is 0 Å². The van der Waals surface area contributed by atoms with Crippen LogP contribution in [-0.4, -0.2) is 25.1 Å². The lowest BCUT2D eigenvalue weighted by Crippen LogP contribution is -2.20. The molecule has 2 aliphatic heterocycles. The first-order valence-corrected chi connectivity index (χ1v) is 7.24. The Morgan fingerprint density at radius 2 is 2.11 bits per heavy atom. The minimum absolute atomic E-state index is 0.0122. The molecule has 0 saturated carbocycles. The molecule has 1 aromatic rings. The van der Waals surface area contributed by atoms with Gasteiger partial charge in [0.1, 0.15) is 11.9 Å². The summed E-state index contributed by atoms with van der Waals surface area (Å²) < 4.78 is 11.3. The second-order valence-corrected chi connectivity index (χ2v) is 5.55. The van der Waals surface area contributed by atoms with E-state index in [-0.39, 0.29) is 11.9 Å². The van der Waals surface area contributed by atoms with E-state index in [2.05, 4.69) is 0 Å². The lowest BCUT2D eigenvalue weighted by Gasteiger charge is -2.15. The number of carbonyl (C=O) groups excluding carboxylic acids is 1. The molecular weight excluding hydrogens is 264 g/mol. The van der Waals surface area contributed by atoms with E-state index >= 15 is 0 Å². The van der Waals surface area contributed by atoms with Crippen LogP contribution in [0.5, 0.6) is 5.75 Å². The number of ether oxygens (including phenoxy) is 2. The fourth-order valence-electron chi connectivity index (χ4n) is 2.74. The fourth-order valence-corrected chi connectivity index (χ4v) is 2.98. The van der Waals surface area contributed by atoms with Gasteiger partial charge in [-0.2, -0.15) is 0 Å². The van der Waals surface area contributed by atoms with Crippen LogP contribution in [0.2, 0.25) is 5.02 Å². The van der Waals surface area contributed by atoms with Crippen LogP contribution in [0.1, 0.15) is 41.6 Å². The number of ketones is 1.